The van der Waals surface area contributed by atoms with Gasteiger partial charge in [-0.15, -0.1) is 0 Å². The van der Waals surface area contributed by atoms with Gasteiger partial charge in [-0.25, -0.2) is 0 Å². The van der Waals surface area contributed by atoms with E-state index in [0.717, 1.165) is 5.56 Å². The van der Waals surface area contributed by atoms with Gasteiger partial charge in [0.25, 0.3) is 0 Å². The molecule has 1 N–H and O–H groups in total. The Morgan fingerprint density at radius 1 is 1.32 bits per heavy atom. The fourth-order valence-electron chi connectivity index (χ4n) is 2.88. The first kappa shape index (κ1) is 14.3. The molecule has 1 aromatic carbocycles. The molecule has 0 aliphatic heterocycles. The first-order valence-corrected chi connectivity index (χ1v) is 6.23. The summed E-state index contributed by atoms with van der Waals surface area (Å²) in [5.74, 6) is -2.59. The smallest absolute Gasteiger partial charge is 0.392 e. The van der Waals surface area contributed by atoms with E-state index in [4.69, 9.17) is 4.74 Å². The second kappa shape index (κ2) is 5.51. The van der Waals surface area contributed by atoms with Gasteiger partial charge in [-0.1, -0.05) is 30.3 Å². The maximum atomic E-state index is 12.9. The minimum Gasteiger partial charge on any atom is -0.392 e. The number of methoxy groups -OCH3 is 1. The Balaban J connectivity index is 2.21. The largest absolute Gasteiger partial charge is 0.394 e. The highest BCUT2D eigenvalue weighted by Gasteiger charge is 2.58. The molecule has 5 heteroatoms. The first-order chi connectivity index (χ1) is 8.95. The van der Waals surface area contributed by atoms with Crippen LogP contribution in [0.4, 0.5) is 13.2 Å². The molecule has 0 aromatic heterocycles. The van der Waals surface area contributed by atoms with Crippen LogP contribution in [-0.2, 0) is 4.74 Å². The summed E-state index contributed by atoms with van der Waals surface area (Å²) in [5, 5.41) is 9.42. The Kier molecular flexibility index (Phi) is 4.16. The zero-order valence-electron chi connectivity index (χ0n) is 10.6. The Morgan fingerprint density at radius 2 is 1.95 bits per heavy atom. The summed E-state index contributed by atoms with van der Waals surface area (Å²) in [7, 11) is 1.48. The minimum absolute atomic E-state index is 0.174. The lowest BCUT2D eigenvalue weighted by atomic mass is 9.63. The number of aliphatic hydroxyl groups excluding tert-OH is 1. The van der Waals surface area contributed by atoms with Crippen molar-refractivity contribution in [3.8, 4) is 0 Å². The summed E-state index contributed by atoms with van der Waals surface area (Å²) in [6, 6.07) is 9.04. The lowest BCUT2D eigenvalue weighted by Gasteiger charge is -2.46. The van der Waals surface area contributed by atoms with Gasteiger partial charge in [-0.3, -0.25) is 0 Å². The second-order valence-electron chi connectivity index (χ2n) is 5.01. The highest BCUT2D eigenvalue weighted by atomic mass is 19.4. The topological polar surface area (TPSA) is 29.5 Å². The fourth-order valence-corrected chi connectivity index (χ4v) is 2.88. The maximum absolute atomic E-state index is 12.9. The second-order valence-corrected chi connectivity index (χ2v) is 5.01. The van der Waals surface area contributed by atoms with Crippen LogP contribution in [0.1, 0.15) is 17.9 Å². The number of halogens is 3. The average Bonchev–Trinajstić information content (AvgIpc) is 2.32. The molecule has 0 amide bonds. The molecular formula is C14H17F3O2. The van der Waals surface area contributed by atoms with E-state index in [-0.39, 0.29) is 18.9 Å². The normalized spacial score (nSPS) is 28.8. The van der Waals surface area contributed by atoms with Gasteiger partial charge in [0.2, 0.25) is 0 Å². The van der Waals surface area contributed by atoms with Crippen molar-refractivity contribution in [2.24, 2.45) is 11.8 Å². The van der Waals surface area contributed by atoms with E-state index in [0.29, 0.717) is 0 Å². The molecule has 106 valence electrons. The average molecular weight is 274 g/mol. The molecule has 0 bridgehead atoms. The molecule has 0 saturated heterocycles. The van der Waals surface area contributed by atoms with Gasteiger partial charge in [-0.2, -0.15) is 13.2 Å². The van der Waals surface area contributed by atoms with Crippen molar-refractivity contribution in [2.75, 3.05) is 13.7 Å². The van der Waals surface area contributed by atoms with Gasteiger partial charge in [0, 0.05) is 13.0 Å². The van der Waals surface area contributed by atoms with Crippen LogP contribution >= 0.6 is 0 Å². The highest BCUT2D eigenvalue weighted by Crippen LogP contribution is 2.51. The standard InChI is InChI=1S/C14H17F3O2/c1-19-8-11(9-5-3-2-4-6-9)10-7-12(18)13(10)14(15,16)17/h2-6,10-13,18H,7-8H2,1H3. The maximum Gasteiger partial charge on any atom is 0.394 e. The van der Waals surface area contributed by atoms with E-state index in [1.165, 1.54) is 7.11 Å². The molecule has 1 aliphatic carbocycles. The van der Waals surface area contributed by atoms with E-state index < -0.39 is 24.1 Å². The van der Waals surface area contributed by atoms with Crippen LogP contribution in [0.2, 0.25) is 0 Å². The van der Waals surface area contributed by atoms with Crippen LogP contribution < -0.4 is 0 Å². The summed E-state index contributed by atoms with van der Waals surface area (Å²) in [5.41, 5.74) is 0.829. The third-order valence-corrected chi connectivity index (χ3v) is 3.86. The quantitative estimate of drug-likeness (QED) is 0.914. The molecule has 1 aliphatic rings. The number of ether oxygens (including phenoxy) is 1. The van der Waals surface area contributed by atoms with Crippen molar-refractivity contribution >= 4 is 0 Å². The van der Waals surface area contributed by atoms with Crippen LogP contribution in [0.5, 0.6) is 0 Å². The van der Waals surface area contributed by atoms with E-state index in [1.54, 1.807) is 12.1 Å². The molecule has 4 unspecified atom stereocenters. The van der Waals surface area contributed by atoms with Crippen LogP contribution in [0, 0.1) is 11.8 Å². The molecule has 0 radical (unpaired) electrons. The summed E-state index contributed by atoms with van der Waals surface area (Å²) in [6.45, 7) is 0.230. The fraction of sp³-hybridized carbons (Fsp3) is 0.571. The van der Waals surface area contributed by atoms with Crippen LogP contribution in [0.25, 0.3) is 0 Å². The molecule has 4 atom stereocenters. The van der Waals surface area contributed by atoms with Crippen molar-refractivity contribution in [1.82, 2.24) is 0 Å². The summed E-state index contributed by atoms with van der Waals surface area (Å²) in [4.78, 5) is 0. The molecule has 2 rings (SSSR count). The lowest BCUT2D eigenvalue weighted by Crippen LogP contribution is -2.52. The Hall–Kier alpha value is -1.07. The van der Waals surface area contributed by atoms with E-state index in [9.17, 15) is 18.3 Å². The zero-order chi connectivity index (χ0) is 14.0. The van der Waals surface area contributed by atoms with Crippen molar-refractivity contribution < 1.29 is 23.0 Å². The molecule has 0 heterocycles. The third-order valence-electron chi connectivity index (χ3n) is 3.86. The summed E-state index contributed by atoms with van der Waals surface area (Å²) in [6.07, 6.45) is -5.47. The molecule has 19 heavy (non-hydrogen) atoms. The van der Waals surface area contributed by atoms with E-state index >= 15 is 0 Å². The first-order valence-electron chi connectivity index (χ1n) is 6.23. The van der Waals surface area contributed by atoms with Gasteiger partial charge >= 0.3 is 6.18 Å². The molecule has 1 fully saturated rings. The van der Waals surface area contributed by atoms with Gasteiger partial charge in [0.1, 0.15) is 0 Å². The SMILES string of the molecule is COCC(c1ccccc1)C1CC(O)C1C(F)(F)F. The summed E-state index contributed by atoms with van der Waals surface area (Å²) < 4.78 is 43.8. The van der Waals surface area contributed by atoms with E-state index in [2.05, 4.69) is 0 Å². The number of hydrogen-bond donors (Lipinski definition) is 1. The Morgan fingerprint density at radius 3 is 2.42 bits per heavy atom. The molecule has 0 spiro atoms. The lowest BCUT2D eigenvalue weighted by molar-refractivity contribution is -0.255. The van der Waals surface area contributed by atoms with Gasteiger partial charge in [-0.05, 0) is 17.9 Å². The number of rotatable bonds is 4. The Labute approximate surface area is 110 Å². The number of benzene rings is 1. The molecule has 1 aromatic rings. The van der Waals surface area contributed by atoms with Gasteiger partial charge < -0.3 is 9.84 Å². The van der Waals surface area contributed by atoms with Crippen LogP contribution in [-0.4, -0.2) is 31.1 Å². The number of aliphatic hydroxyl groups is 1. The highest BCUT2D eigenvalue weighted by molar-refractivity contribution is 5.22. The van der Waals surface area contributed by atoms with E-state index in [1.807, 2.05) is 18.2 Å². The summed E-state index contributed by atoms with van der Waals surface area (Å²) >= 11 is 0. The molecular weight excluding hydrogens is 257 g/mol. The zero-order valence-corrected chi connectivity index (χ0v) is 10.6. The monoisotopic (exact) mass is 274 g/mol. The molecule has 2 nitrogen and oxygen atoms in total. The number of alkyl halides is 3. The van der Waals surface area contributed by atoms with Crippen molar-refractivity contribution in [1.29, 1.82) is 0 Å². The number of hydrogen-bond acceptors (Lipinski definition) is 2. The predicted molar refractivity (Wildman–Crippen MR) is 64.7 cm³/mol. The molecule has 1 saturated carbocycles. The Bertz CT molecular complexity index is 405. The van der Waals surface area contributed by atoms with Crippen LogP contribution in [0.3, 0.4) is 0 Å². The van der Waals surface area contributed by atoms with Crippen molar-refractivity contribution in [3.63, 3.8) is 0 Å². The van der Waals surface area contributed by atoms with Crippen molar-refractivity contribution in [2.45, 2.75) is 24.6 Å². The predicted octanol–water partition coefficient (Wildman–Crippen LogP) is 2.98. The van der Waals surface area contributed by atoms with Gasteiger partial charge in [0.05, 0.1) is 18.6 Å². The minimum atomic E-state index is -4.36. The third kappa shape index (κ3) is 2.92. The van der Waals surface area contributed by atoms with Gasteiger partial charge in [0.15, 0.2) is 0 Å². The van der Waals surface area contributed by atoms with Crippen LogP contribution in [0.15, 0.2) is 30.3 Å². The van der Waals surface area contributed by atoms with Crippen molar-refractivity contribution in [3.05, 3.63) is 35.9 Å².